The van der Waals surface area contributed by atoms with Crippen molar-refractivity contribution in [1.29, 1.82) is 0 Å². The first kappa shape index (κ1) is 19.8. The molecule has 26 heavy (non-hydrogen) atoms. The van der Waals surface area contributed by atoms with Gasteiger partial charge < -0.3 is 15.4 Å². The predicted molar refractivity (Wildman–Crippen MR) is 104 cm³/mol. The molecular weight excluding hydrogens is 355 g/mol. The molecule has 2 N–H and O–H groups in total. The average Bonchev–Trinajstić information content (AvgIpc) is 2.62. The molecule has 0 spiro atoms. The van der Waals surface area contributed by atoms with Gasteiger partial charge in [0.05, 0.1) is 18.6 Å². The van der Waals surface area contributed by atoms with E-state index in [2.05, 4.69) is 17.6 Å². The number of amides is 2. The van der Waals surface area contributed by atoms with E-state index in [1.54, 1.807) is 30.0 Å². The van der Waals surface area contributed by atoms with Crippen LogP contribution >= 0.6 is 11.8 Å². The van der Waals surface area contributed by atoms with Crippen LogP contribution in [0.4, 0.5) is 15.8 Å². The molecule has 0 bridgehead atoms. The van der Waals surface area contributed by atoms with Gasteiger partial charge in [0, 0.05) is 11.3 Å². The second-order valence-corrected chi connectivity index (χ2v) is 6.59. The number of rotatable bonds is 8. The Labute approximate surface area is 156 Å². The first-order valence-electron chi connectivity index (χ1n) is 8.16. The van der Waals surface area contributed by atoms with Gasteiger partial charge in [-0.1, -0.05) is 13.0 Å². The number of hydrogen-bond donors (Lipinski definition) is 2. The highest BCUT2D eigenvalue weighted by molar-refractivity contribution is 7.99. The molecule has 0 radical (unpaired) electrons. The topological polar surface area (TPSA) is 67.4 Å². The third-order valence-electron chi connectivity index (χ3n) is 3.40. The number of carbonyl (C=O) groups excluding carboxylic acids is 2. The summed E-state index contributed by atoms with van der Waals surface area (Å²) in [6.07, 6.45) is 1.01. The molecule has 0 aliphatic heterocycles. The van der Waals surface area contributed by atoms with E-state index in [1.165, 1.54) is 25.3 Å². The van der Waals surface area contributed by atoms with Crippen LogP contribution in [0.25, 0.3) is 0 Å². The minimum atomic E-state index is -0.491. The predicted octanol–water partition coefficient (Wildman–Crippen LogP) is 4.17. The molecular formula is C19H21FN2O3S. The van der Waals surface area contributed by atoms with E-state index in [-0.39, 0.29) is 11.5 Å². The maximum atomic E-state index is 13.3. The van der Waals surface area contributed by atoms with Crippen molar-refractivity contribution in [3.63, 3.8) is 0 Å². The molecule has 0 heterocycles. The maximum absolute atomic E-state index is 13.3. The first-order chi connectivity index (χ1) is 12.5. The number of halogens is 1. The molecule has 0 atom stereocenters. The fourth-order valence-electron chi connectivity index (χ4n) is 2.21. The fraction of sp³-hybridized carbons (Fsp3) is 0.263. The molecule has 0 aromatic heterocycles. The third kappa shape index (κ3) is 5.77. The average molecular weight is 376 g/mol. The first-order valence-corrected chi connectivity index (χ1v) is 9.31. The zero-order valence-electron chi connectivity index (χ0n) is 14.7. The molecule has 7 heteroatoms. The number of hydrogen-bond acceptors (Lipinski definition) is 4. The van der Waals surface area contributed by atoms with E-state index < -0.39 is 11.7 Å². The normalized spacial score (nSPS) is 10.3. The molecule has 0 fully saturated rings. The number of ether oxygens (including phenoxy) is 1. The van der Waals surface area contributed by atoms with Crippen molar-refractivity contribution < 1.29 is 18.7 Å². The quantitative estimate of drug-likeness (QED) is 0.679. The van der Waals surface area contributed by atoms with Gasteiger partial charge in [-0.3, -0.25) is 9.59 Å². The van der Waals surface area contributed by atoms with Crippen LogP contribution < -0.4 is 15.4 Å². The number of benzene rings is 2. The van der Waals surface area contributed by atoms with Gasteiger partial charge in [0.2, 0.25) is 5.91 Å². The van der Waals surface area contributed by atoms with Crippen LogP contribution in [0, 0.1) is 5.82 Å². The van der Waals surface area contributed by atoms with E-state index in [4.69, 9.17) is 4.74 Å². The molecule has 2 aromatic rings. The van der Waals surface area contributed by atoms with Crippen molar-refractivity contribution in [3.8, 4) is 5.75 Å². The van der Waals surface area contributed by atoms with Gasteiger partial charge in [-0.15, -0.1) is 0 Å². The standard InChI is InChI=1S/C19H21FN2O3S/c1-3-9-26-12-18(23)21-15-7-8-17(25-2)16(11-15)22-19(24)13-5-4-6-14(20)10-13/h4-8,10-11H,3,9,12H2,1-2H3,(H,21,23)(H,22,24). The second kappa shape index (κ2) is 9.82. The zero-order valence-corrected chi connectivity index (χ0v) is 15.5. The summed E-state index contributed by atoms with van der Waals surface area (Å²) in [7, 11) is 1.48. The van der Waals surface area contributed by atoms with Gasteiger partial charge in [-0.05, 0) is 48.6 Å². The minimum absolute atomic E-state index is 0.115. The van der Waals surface area contributed by atoms with Gasteiger partial charge in [-0.2, -0.15) is 11.8 Å². The number of methoxy groups -OCH3 is 1. The van der Waals surface area contributed by atoms with Crippen molar-refractivity contribution in [2.24, 2.45) is 0 Å². The van der Waals surface area contributed by atoms with Crippen LogP contribution in [-0.4, -0.2) is 30.4 Å². The summed E-state index contributed by atoms with van der Waals surface area (Å²) in [6, 6.07) is 10.4. The summed E-state index contributed by atoms with van der Waals surface area (Å²) in [6.45, 7) is 2.06. The Hall–Kier alpha value is -2.54. The number of nitrogens with one attached hydrogen (secondary N) is 2. The Bertz CT molecular complexity index is 783. The Balaban J connectivity index is 2.11. The highest BCUT2D eigenvalue weighted by atomic mass is 32.2. The van der Waals surface area contributed by atoms with Gasteiger partial charge in [0.25, 0.3) is 5.91 Å². The highest BCUT2D eigenvalue weighted by Crippen LogP contribution is 2.28. The highest BCUT2D eigenvalue weighted by Gasteiger charge is 2.12. The maximum Gasteiger partial charge on any atom is 0.255 e. The summed E-state index contributed by atoms with van der Waals surface area (Å²) in [4.78, 5) is 24.3. The Morgan fingerprint density at radius 1 is 1.15 bits per heavy atom. The Morgan fingerprint density at radius 3 is 2.65 bits per heavy atom. The smallest absolute Gasteiger partial charge is 0.255 e. The van der Waals surface area contributed by atoms with Crippen LogP contribution in [0.2, 0.25) is 0 Å². The summed E-state index contributed by atoms with van der Waals surface area (Å²) in [5.74, 6) is 0.652. The largest absolute Gasteiger partial charge is 0.495 e. The Kier molecular flexibility index (Phi) is 7.47. The monoisotopic (exact) mass is 376 g/mol. The zero-order chi connectivity index (χ0) is 18.9. The summed E-state index contributed by atoms with van der Waals surface area (Å²) in [5.41, 5.74) is 1.13. The van der Waals surface area contributed by atoms with E-state index >= 15 is 0 Å². The molecule has 0 aliphatic rings. The lowest BCUT2D eigenvalue weighted by Crippen LogP contribution is -2.16. The molecule has 2 aromatic carbocycles. The van der Waals surface area contributed by atoms with Crippen LogP contribution in [0.1, 0.15) is 23.7 Å². The van der Waals surface area contributed by atoms with Gasteiger partial charge >= 0.3 is 0 Å². The molecule has 0 saturated heterocycles. The van der Waals surface area contributed by atoms with Crippen LogP contribution in [0.5, 0.6) is 5.75 Å². The number of thioether (sulfide) groups is 1. The number of carbonyl (C=O) groups is 2. The van der Waals surface area contributed by atoms with Crippen LogP contribution in [-0.2, 0) is 4.79 Å². The van der Waals surface area contributed by atoms with Crippen molar-refractivity contribution in [2.75, 3.05) is 29.2 Å². The van der Waals surface area contributed by atoms with Crippen molar-refractivity contribution in [3.05, 3.63) is 53.8 Å². The van der Waals surface area contributed by atoms with Crippen LogP contribution in [0.15, 0.2) is 42.5 Å². The minimum Gasteiger partial charge on any atom is -0.495 e. The Morgan fingerprint density at radius 2 is 1.96 bits per heavy atom. The summed E-state index contributed by atoms with van der Waals surface area (Å²) >= 11 is 1.56. The van der Waals surface area contributed by atoms with E-state index in [0.717, 1.165) is 18.2 Å². The van der Waals surface area contributed by atoms with Crippen molar-refractivity contribution >= 4 is 35.0 Å². The number of anilines is 2. The molecule has 0 aliphatic carbocycles. The molecule has 138 valence electrons. The van der Waals surface area contributed by atoms with Crippen molar-refractivity contribution in [2.45, 2.75) is 13.3 Å². The molecule has 2 rings (SSSR count). The molecule has 2 amide bonds. The van der Waals surface area contributed by atoms with Gasteiger partial charge in [-0.25, -0.2) is 4.39 Å². The van der Waals surface area contributed by atoms with Crippen LogP contribution in [0.3, 0.4) is 0 Å². The fourth-order valence-corrected chi connectivity index (χ4v) is 2.90. The lowest BCUT2D eigenvalue weighted by atomic mass is 10.2. The second-order valence-electron chi connectivity index (χ2n) is 5.48. The lowest BCUT2D eigenvalue weighted by molar-refractivity contribution is -0.113. The van der Waals surface area contributed by atoms with E-state index in [9.17, 15) is 14.0 Å². The molecule has 0 saturated carbocycles. The third-order valence-corrected chi connectivity index (χ3v) is 4.56. The van der Waals surface area contributed by atoms with E-state index in [1.807, 2.05) is 0 Å². The van der Waals surface area contributed by atoms with E-state index in [0.29, 0.717) is 22.9 Å². The summed E-state index contributed by atoms with van der Waals surface area (Å²) < 4.78 is 18.5. The SMILES string of the molecule is CCCSCC(=O)Nc1ccc(OC)c(NC(=O)c2cccc(F)c2)c1. The van der Waals surface area contributed by atoms with Gasteiger partial charge in [0.15, 0.2) is 0 Å². The molecule has 5 nitrogen and oxygen atoms in total. The lowest BCUT2D eigenvalue weighted by Gasteiger charge is -2.13. The van der Waals surface area contributed by atoms with Crippen molar-refractivity contribution in [1.82, 2.24) is 0 Å². The molecule has 0 unspecified atom stereocenters. The summed E-state index contributed by atoms with van der Waals surface area (Å²) in [5, 5.41) is 5.47. The van der Waals surface area contributed by atoms with Gasteiger partial charge in [0.1, 0.15) is 11.6 Å².